The van der Waals surface area contributed by atoms with Crippen LogP contribution in [0.25, 0.3) is 0 Å². The first-order valence-corrected chi connectivity index (χ1v) is 6.27. The lowest BCUT2D eigenvalue weighted by Gasteiger charge is -2.08. The van der Waals surface area contributed by atoms with Crippen LogP contribution in [0.2, 0.25) is 0 Å². The fourth-order valence-electron chi connectivity index (χ4n) is 1.57. The van der Waals surface area contributed by atoms with Crippen LogP contribution in [0.4, 0.5) is 4.39 Å². The molecule has 0 atom stereocenters. The molecule has 0 aliphatic rings. The Morgan fingerprint density at radius 3 is 2.47 bits per heavy atom. The molecule has 0 saturated heterocycles. The lowest BCUT2D eigenvalue weighted by atomic mass is 10.2. The standard InChI is InChI=1S/C14H14FNS/c1-16-10-11-4-2-3-5-14(11)17-13-8-6-12(15)7-9-13/h2-9,16H,10H2,1H3. The number of nitrogens with one attached hydrogen (secondary N) is 1. The molecule has 0 aromatic heterocycles. The Bertz CT molecular complexity index is 482. The second-order valence-electron chi connectivity index (χ2n) is 3.69. The summed E-state index contributed by atoms with van der Waals surface area (Å²) in [6.45, 7) is 0.838. The van der Waals surface area contributed by atoms with Gasteiger partial charge in [-0.1, -0.05) is 30.0 Å². The molecule has 2 rings (SSSR count). The van der Waals surface area contributed by atoms with E-state index in [9.17, 15) is 4.39 Å². The highest BCUT2D eigenvalue weighted by Gasteiger charge is 2.03. The zero-order valence-corrected chi connectivity index (χ0v) is 10.4. The van der Waals surface area contributed by atoms with Gasteiger partial charge in [-0.15, -0.1) is 0 Å². The van der Waals surface area contributed by atoms with E-state index in [1.165, 1.54) is 22.6 Å². The number of hydrogen-bond donors (Lipinski definition) is 1. The molecular formula is C14H14FNS. The summed E-state index contributed by atoms with van der Waals surface area (Å²) < 4.78 is 12.8. The molecule has 1 N–H and O–H groups in total. The number of rotatable bonds is 4. The first kappa shape index (κ1) is 12.1. The van der Waals surface area contributed by atoms with Crippen molar-refractivity contribution >= 4 is 11.8 Å². The van der Waals surface area contributed by atoms with Crippen LogP contribution in [-0.4, -0.2) is 7.05 Å². The van der Waals surface area contributed by atoms with Gasteiger partial charge in [-0.05, 0) is 42.9 Å². The molecule has 0 saturated carbocycles. The molecule has 2 aromatic rings. The maximum atomic E-state index is 12.8. The second-order valence-corrected chi connectivity index (χ2v) is 4.81. The summed E-state index contributed by atoms with van der Waals surface area (Å²) in [5, 5.41) is 3.15. The summed E-state index contributed by atoms with van der Waals surface area (Å²) in [4.78, 5) is 2.25. The van der Waals surface area contributed by atoms with E-state index >= 15 is 0 Å². The van der Waals surface area contributed by atoms with Crippen molar-refractivity contribution in [2.45, 2.75) is 16.3 Å². The quantitative estimate of drug-likeness (QED) is 0.884. The van der Waals surface area contributed by atoms with Gasteiger partial charge in [0, 0.05) is 16.3 Å². The van der Waals surface area contributed by atoms with Crippen LogP contribution in [0.5, 0.6) is 0 Å². The molecule has 2 aromatic carbocycles. The van der Waals surface area contributed by atoms with E-state index < -0.39 is 0 Å². The lowest BCUT2D eigenvalue weighted by molar-refractivity contribution is 0.626. The molecule has 88 valence electrons. The molecule has 0 aliphatic heterocycles. The topological polar surface area (TPSA) is 12.0 Å². The predicted molar refractivity (Wildman–Crippen MR) is 69.7 cm³/mol. The molecule has 0 bridgehead atoms. The smallest absolute Gasteiger partial charge is 0.123 e. The minimum atomic E-state index is -0.196. The van der Waals surface area contributed by atoms with Crippen molar-refractivity contribution < 1.29 is 4.39 Å². The van der Waals surface area contributed by atoms with E-state index in [1.54, 1.807) is 23.9 Å². The molecule has 3 heteroatoms. The SMILES string of the molecule is CNCc1ccccc1Sc1ccc(F)cc1. The van der Waals surface area contributed by atoms with E-state index in [4.69, 9.17) is 0 Å². The summed E-state index contributed by atoms with van der Waals surface area (Å²) in [6, 6.07) is 14.8. The third kappa shape index (κ3) is 3.32. The Labute approximate surface area is 105 Å². The van der Waals surface area contributed by atoms with Crippen LogP contribution in [-0.2, 0) is 6.54 Å². The average Bonchev–Trinajstić information content (AvgIpc) is 2.35. The molecular weight excluding hydrogens is 233 g/mol. The third-order valence-electron chi connectivity index (χ3n) is 2.38. The fraction of sp³-hybridized carbons (Fsp3) is 0.143. The van der Waals surface area contributed by atoms with Gasteiger partial charge in [0.2, 0.25) is 0 Å². The monoisotopic (exact) mass is 247 g/mol. The molecule has 0 heterocycles. The van der Waals surface area contributed by atoms with Crippen molar-refractivity contribution in [3.05, 3.63) is 59.9 Å². The van der Waals surface area contributed by atoms with Crippen molar-refractivity contribution in [1.29, 1.82) is 0 Å². The van der Waals surface area contributed by atoms with Gasteiger partial charge in [-0.25, -0.2) is 4.39 Å². The lowest BCUT2D eigenvalue weighted by Crippen LogP contribution is -2.05. The van der Waals surface area contributed by atoms with Crippen LogP contribution in [0, 0.1) is 5.82 Å². The minimum Gasteiger partial charge on any atom is -0.316 e. The number of hydrogen-bond acceptors (Lipinski definition) is 2. The zero-order chi connectivity index (χ0) is 12.1. The van der Waals surface area contributed by atoms with Crippen molar-refractivity contribution in [3.63, 3.8) is 0 Å². The molecule has 0 aliphatic carbocycles. The van der Waals surface area contributed by atoms with Gasteiger partial charge in [-0.3, -0.25) is 0 Å². The molecule has 17 heavy (non-hydrogen) atoms. The van der Waals surface area contributed by atoms with E-state index in [0.717, 1.165) is 11.4 Å². The van der Waals surface area contributed by atoms with Crippen molar-refractivity contribution in [3.8, 4) is 0 Å². The molecule has 0 unspecified atom stereocenters. The normalized spacial score (nSPS) is 10.5. The molecule has 0 fully saturated rings. The van der Waals surface area contributed by atoms with E-state index in [-0.39, 0.29) is 5.82 Å². The van der Waals surface area contributed by atoms with Gasteiger partial charge in [0.05, 0.1) is 0 Å². The zero-order valence-electron chi connectivity index (χ0n) is 9.61. The average molecular weight is 247 g/mol. The van der Waals surface area contributed by atoms with Gasteiger partial charge < -0.3 is 5.32 Å². The summed E-state index contributed by atoms with van der Waals surface area (Å²) in [5.74, 6) is -0.196. The van der Waals surface area contributed by atoms with Crippen LogP contribution < -0.4 is 5.32 Å². The maximum Gasteiger partial charge on any atom is 0.123 e. The molecule has 0 spiro atoms. The summed E-state index contributed by atoms with van der Waals surface area (Å²) in [5.41, 5.74) is 1.25. The fourth-order valence-corrected chi connectivity index (χ4v) is 2.51. The molecule has 0 radical (unpaired) electrons. The maximum absolute atomic E-state index is 12.8. The van der Waals surface area contributed by atoms with Crippen molar-refractivity contribution in [2.24, 2.45) is 0 Å². The predicted octanol–water partition coefficient (Wildman–Crippen LogP) is 3.70. The summed E-state index contributed by atoms with van der Waals surface area (Å²) >= 11 is 1.66. The van der Waals surface area contributed by atoms with Gasteiger partial charge in [0.1, 0.15) is 5.82 Å². The van der Waals surface area contributed by atoms with E-state index in [1.807, 2.05) is 19.2 Å². The van der Waals surface area contributed by atoms with Gasteiger partial charge in [0.15, 0.2) is 0 Å². The van der Waals surface area contributed by atoms with E-state index in [0.29, 0.717) is 0 Å². The largest absolute Gasteiger partial charge is 0.316 e. The third-order valence-corrected chi connectivity index (χ3v) is 3.51. The summed E-state index contributed by atoms with van der Waals surface area (Å²) in [7, 11) is 1.93. The Balaban J connectivity index is 2.20. The molecule has 0 amide bonds. The van der Waals surface area contributed by atoms with Crippen molar-refractivity contribution in [2.75, 3.05) is 7.05 Å². The highest BCUT2D eigenvalue weighted by atomic mass is 32.2. The first-order chi connectivity index (χ1) is 8.29. The van der Waals surface area contributed by atoms with Gasteiger partial charge >= 0.3 is 0 Å². The highest BCUT2D eigenvalue weighted by molar-refractivity contribution is 7.99. The summed E-state index contributed by atoms with van der Waals surface area (Å²) in [6.07, 6.45) is 0. The van der Waals surface area contributed by atoms with Crippen LogP contribution in [0.1, 0.15) is 5.56 Å². The van der Waals surface area contributed by atoms with Gasteiger partial charge in [0.25, 0.3) is 0 Å². The Hall–Kier alpha value is -1.32. The molecule has 1 nitrogen and oxygen atoms in total. The Morgan fingerprint density at radius 1 is 1.06 bits per heavy atom. The highest BCUT2D eigenvalue weighted by Crippen LogP contribution is 2.30. The minimum absolute atomic E-state index is 0.196. The van der Waals surface area contributed by atoms with Crippen molar-refractivity contribution in [1.82, 2.24) is 5.32 Å². The first-order valence-electron chi connectivity index (χ1n) is 5.45. The number of benzene rings is 2. The Morgan fingerprint density at radius 2 is 1.76 bits per heavy atom. The number of halogens is 1. The van der Waals surface area contributed by atoms with Gasteiger partial charge in [-0.2, -0.15) is 0 Å². The second kappa shape index (κ2) is 5.84. The Kier molecular flexibility index (Phi) is 4.18. The van der Waals surface area contributed by atoms with Crippen LogP contribution in [0.3, 0.4) is 0 Å². The van der Waals surface area contributed by atoms with Crippen LogP contribution >= 0.6 is 11.8 Å². The van der Waals surface area contributed by atoms with Crippen LogP contribution in [0.15, 0.2) is 58.3 Å². The van der Waals surface area contributed by atoms with E-state index in [2.05, 4.69) is 17.4 Å².